The summed E-state index contributed by atoms with van der Waals surface area (Å²) in [6, 6.07) is 0.127. The van der Waals surface area contributed by atoms with Gasteiger partial charge < -0.3 is 10.6 Å². The molecule has 3 nitrogen and oxygen atoms in total. The largest absolute Gasteiger partial charge is 0.351 e. The third-order valence-corrected chi connectivity index (χ3v) is 2.12. The molecule has 0 aromatic rings. The summed E-state index contributed by atoms with van der Waals surface area (Å²) in [4.78, 5) is 12.4. The van der Waals surface area contributed by atoms with Crippen LogP contribution in [0.15, 0.2) is 0 Å². The molecule has 1 rings (SSSR count). The van der Waals surface area contributed by atoms with Gasteiger partial charge in [0.05, 0.1) is 0 Å². The van der Waals surface area contributed by atoms with Gasteiger partial charge in [-0.1, -0.05) is 13.8 Å². The number of hydrogen-bond donors (Lipinski definition) is 1. The van der Waals surface area contributed by atoms with Gasteiger partial charge in [0.25, 0.3) is 0 Å². The van der Waals surface area contributed by atoms with Crippen molar-refractivity contribution in [3.05, 3.63) is 0 Å². The van der Waals surface area contributed by atoms with Crippen LogP contribution in [0, 0.1) is 5.92 Å². The van der Waals surface area contributed by atoms with Crippen molar-refractivity contribution in [1.29, 1.82) is 0 Å². The molecule has 0 radical (unpaired) electrons. The minimum absolute atomic E-state index is 0.273. The predicted molar refractivity (Wildman–Crippen MR) is 39.5 cm³/mol. The summed E-state index contributed by atoms with van der Waals surface area (Å²) in [7, 11) is 0. The fourth-order valence-corrected chi connectivity index (χ4v) is 1.37. The van der Waals surface area contributed by atoms with Gasteiger partial charge in [-0.05, 0) is 12.3 Å². The molecule has 1 aliphatic heterocycles. The monoisotopic (exact) mass is 142 g/mol. The highest BCUT2D eigenvalue weighted by molar-refractivity contribution is 5.73. The first kappa shape index (κ1) is 7.38. The Kier molecular flexibility index (Phi) is 1.83. The molecule has 58 valence electrons. The van der Waals surface area contributed by atoms with Crippen molar-refractivity contribution in [1.82, 2.24) is 4.90 Å². The van der Waals surface area contributed by atoms with Crippen LogP contribution in [0.5, 0.6) is 0 Å². The van der Waals surface area contributed by atoms with Crippen LogP contribution >= 0.6 is 0 Å². The van der Waals surface area contributed by atoms with Gasteiger partial charge in [0.15, 0.2) is 0 Å². The number of likely N-dealkylation sites (tertiary alicyclic amines) is 1. The fraction of sp³-hybridized carbons (Fsp3) is 0.857. The van der Waals surface area contributed by atoms with E-state index in [0.29, 0.717) is 12.0 Å². The molecule has 1 fully saturated rings. The summed E-state index contributed by atoms with van der Waals surface area (Å²) in [5, 5.41) is 0. The lowest BCUT2D eigenvalue weighted by Crippen LogP contribution is -2.55. The second kappa shape index (κ2) is 2.48. The van der Waals surface area contributed by atoms with Crippen LogP contribution in [-0.4, -0.2) is 23.5 Å². The van der Waals surface area contributed by atoms with Crippen molar-refractivity contribution in [3.8, 4) is 0 Å². The molecule has 1 saturated heterocycles. The maximum Gasteiger partial charge on any atom is 0.315 e. The Morgan fingerprint density at radius 3 is 2.40 bits per heavy atom. The molecule has 3 heteroatoms. The van der Waals surface area contributed by atoms with E-state index < -0.39 is 0 Å². The zero-order chi connectivity index (χ0) is 7.72. The Balaban J connectivity index is 2.43. The fourth-order valence-electron chi connectivity index (χ4n) is 1.37. The maximum absolute atomic E-state index is 10.6. The Morgan fingerprint density at radius 2 is 2.30 bits per heavy atom. The molecule has 0 aliphatic carbocycles. The molecule has 0 aromatic heterocycles. The van der Waals surface area contributed by atoms with Gasteiger partial charge in [-0.2, -0.15) is 0 Å². The first-order valence-electron chi connectivity index (χ1n) is 3.69. The lowest BCUT2D eigenvalue weighted by Gasteiger charge is -2.42. The lowest BCUT2D eigenvalue weighted by atomic mass is 9.92. The van der Waals surface area contributed by atoms with E-state index in [9.17, 15) is 4.79 Å². The van der Waals surface area contributed by atoms with Crippen molar-refractivity contribution in [3.63, 3.8) is 0 Å². The highest BCUT2D eigenvalue weighted by Gasteiger charge is 2.32. The number of carbonyl (C=O) groups is 1. The van der Waals surface area contributed by atoms with Gasteiger partial charge in [0.1, 0.15) is 0 Å². The molecule has 0 bridgehead atoms. The Bertz CT molecular complexity index is 145. The number of carbonyl (C=O) groups excluding carboxylic acids is 1. The number of nitrogens with zero attached hydrogens (tertiary/aromatic N) is 1. The van der Waals surface area contributed by atoms with Crippen LogP contribution in [0.4, 0.5) is 4.79 Å². The van der Waals surface area contributed by atoms with Crippen LogP contribution in [0.25, 0.3) is 0 Å². The van der Waals surface area contributed by atoms with Crippen LogP contribution in [-0.2, 0) is 0 Å². The third kappa shape index (κ3) is 1.08. The zero-order valence-electron chi connectivity index (χ0n) is 6.50. The molecule has 1 aliphatic rings. The van der Waals surface area contributed by atoms with Crippen LogP contribution in [0.2, 0.25) is 0 Å². The second-order valence-electron chi connectivity index (χ2n) is 3.13. The average molecular weight is 142 g/mol. The molecular formula is C7H14N2O. The number of nitrogens with two attached hydrogens (primary N) is 1. The van der Waals surface area contributed by atoms with Crippen LogP contribution in [0.3, 0.4) is 0 Å². The van der Waals surface area contributed by atoms with Crippen molar-refractivity contribution in [2.24, 2.45) is 11.7 Å². The first-order chi connectivity index (χ1) is 4.63. The SMILES string of the molecule is CC(C)C1CCN1C(N)=O. The van der Waals surface area contributed by atoms with Crippen molar-refractivity contribution < 1.29 is 4.79 Å². The smallest absolute Gasteiger partial charge is 0.315 e. The van der Waals surface area contributed by atoms with Crippen LogP contribution < -0.4 is 5.73 Å². The summed E-state index contributed by atoms with van der Waals surface area (Å²) >= 11 is 0. The van der Waals surface area contributed by atoms with Gasteiger partial charge in [0.2, 0.25) is 0 Å². The van der Waals surface area contributed by atoms with E-state index in [4.69, 9.17) is 5.73 Å². The summed E-state index contributed by atoms with van der Waals surface area (Å²) in [5.41, 5.74) is 5.11. The first-order valence-corrected chi connectivity index (χ1v) is 3.69. The van der Waals surface area contributed by atoms with E-state index in [1.807, 2.05) is 0 Å². The number of hydrogen-bond acceptors (Lipinski definition) is 1. The predicted octanol–water partition coefficient (Wildman–Crippen LogP) is 0.795. The topological polar surface area (TPSA) is 46.3 Å². The quantitative estimate of drug-likeness (QED) is 0.578. The molecule has 0 spiro atoms. The van der Waals surface area contributed by atoms with E-state index in [-0.39, 0.29) is 6.03 Å². The molecule has 2 N–H and O–H groups in total. The van der Waals surface area contributed by atoms with Gasteiger partial charge >= 0.3 is 6.03 Å². The standard InChI is InChI=1S/C7H14N2O/c1-5(2)6-3-4-9(6)7(8)10/h5-6H,3-4H2,1-2H3,(H2,8,10). The average Bonchev–Trinajstić information content (AvgIpc) is 1.56. The van der Waals surface area contributed by atoms with Crippen LogP contribution in [0.1, 0.15) is 20.3 Å². The van der Waals surface area contributed by atoms with E-state index in [1.165, 1.54) is 0 Å². The van der Waals surface area contributed by atoms with E-state index in [2.05, 4.69) is 13.8 Å². The minimum atomic E-state index is -0.273. The van der Waals surface area contributed by atoms with E-state index in [1.54, 1.807) is 4.90 Å². The molecule has 10 heavy (non-hydrogen) atoms. The number of primary amides is 1. The summed E-state index contributed by atoms with van der Waals surface area (Å²) in [6.45, 7) is 5.07. The van der Waals surface area contributed by atoms with Gasteiger partial charge in [-0.3, -0.25) is 0 Å². The maximum atomic E-state index is 10.6. The molecule has 1 heterocycles. The van der Waals surface area contributed by atoms with Crippen molar-refractivity contribution >= 4 is 6.03 Å². The molecule has 1 atom stereocenters. The Labute approximate surface area is 61.2 Å². The van der Waals surface area contributed by atoms with Crippen molar-refractivity contribution in [2.45, 2.75) is 26.3 Å². The summed E-state index contributed by atoms with van der Waals surface area (Å²) in [6.07, 6.45) is 1.11. The molecule has 2 amide bonds. The number of amides is 2. The number of urea groups is 1. The molecule has 1 unspecified atom stereocenters. The van der Waals surface area contributed by atoms with E-state index in [0.717, 1.165) is 13.0 Å². The van der Waals surface area contributed by atoms with Gasteiger partial charge in [-0.25, -0.2) is 4.79 Å². The molecular weight excluding hydrogens is 128 g/mol. The lowest BCUT2D eigenvalue weighted by molar-refractivity contribution is 0.0923. The van der Waals surface area contributed by atoms with Gasteiger partial charge in [0, 0.05) is 12.6 Å². The summed E-state index contributed by atoms with van der Waals surface area (Å²) < 4.78 is 0. The van der Waals surface area contributed by atoms with Crippen molar-refractivity contribution in [2.75, 3.05) is 6.54 Å². The highest BCUT2D eigenvalue weighted by atomic mass is 16.2. The Morgan fingerprint density at radius 1 is 1.70 bits per heavy atom. The zero-order valence-corrected chi connectivity index (χ0v) is 6.50. The van der Waals surface area contributed by atoms with Gasteiger partial charge in [-0.15, -0.1) is 0 Å². The molecule has 0 aromatic carbocycles. The normalized spacial score (nSPS) is 24.7. The second-order valence-corrected chi connectivity index (χ2v) is 3.13. The van der Waals surface area contributed by atoms with E-state index >= 15 is 0 Å². The summed E-state index contributed by atoms with van der Waals surface area (Å²) in [5.74, 6) is 0.543. The minimum Gasteiger partial charge on any atom is -0.351 e. The number of rotatable bonds is 1. The highest BCUT2D eigenvalue weighted by Crippen LogP contribution is 2.23. The molecule has 0 saturated carbocycles. The Hall–Kier alpha value is -0.730. The third-order valence-electron chi connectivity index (χ3n) is 2.12.